The standard InChI is InChI=1S/C21H19IN2O5/c1-13-6-4-5-7-17(13)24-21(26)15(11-23)8-14-9-16(22)20(18(10-14)27-2)29-12-19(25)28-3/h4-10H,12H2,1-3H3,(H,24,26)/b15-8-. The molecule has 0 heterocycles. The van der Waals surface area contributed by atoms with Gasteiger partial charge in [0.2, 0.25) is 0 Å². The number of halogens is 1. The number of ether oxygens (including phenoxy) is 3. The number of rotatable bonds is 7. The zero-order chi connectivity index (χ0) is 21.4. The maximum absolute atomic E-state index is 12.5. The van der Waals surface area contributed by atoms with E-state index in [1.807, 2.05) is 47.7 Å². The van der Waals surface area contributed by atoms with E-state index in [1.165, 1.54) is 20.3 Å². The van der Waals surface area contributed by atoms with Gasteiger partial charge in [-0.2, -0.15) is 5.26 Å². The lowest BCUT2D eigenvalue weighted by Crippen LogP contribution is -2.14. The Balaban J connectivity index is 2.29. The molecular formula is C21H19IN2O5. The Morgan fingerprint density at radius 1 is 1.24 bits per heavy atom. The molecule has 8 heteroatoms. The number of para-hydroxylation sites is 1. The van der Waals surface area contributed by atoms with Gasteiger partial charge in [-0.15, -0.1) is 0 Å². The van der Waals surface area contributed by atoms with Gasteiger partial charge in [-0.3, -0.25) is 4.79 Å². The third kappa shape index (κ3) is 5.96. The van der Waals surface area contributed by atoms with E-state index < -0.39 is 11.9 Å². The third-order valence-corrected chi connectivity index (χ3v) is 4.68. The summed E-state index contributed by atoms with van der Waals surface area (Å²) in [5.74, 6) is -0.296. The van der Waals surface area contributed by atoms with E-state index >= 15 is 0 Å². The number of hydrogen-bond acceptors (Lipinski definition) is 6. The number of carbonyl (C=O) groups excluding carboxylic acids is 2. The number of nitrogens with zero attached hydrogens (tertiary/aromatic N) is 1. The van der Waals surface area contributed by atoms with E-state index in [-0.39, 0.29) is 12.2 Å². The van der Waals surface area contributed by atoms with Crippen LogP contribution in [0.5, 0.6) is 11.5 Å². The van der Waals surface area contributed by atoms with E-state index in [0.29, 0.717) is 26.3 Å². The van der Waals surface area contributed by atoms with E-state index in [4.69, 9.17) is 9.47 Å². The monoisotopic (exact) mass is 506 g/mol. The molecule has 7 nitrogen and oxygen atoms in total. The van der Waals surface area contributed by atoms with Crippen LogP contribution < -0.4 is 14.8 Å². The molecule has 0 spiro atoms. The Morgan fingerprint density at radius 3 is 2.59 bits per heavy atom. The van der Waals surface area contributed by atoms with Crippen molar-refractivity contribution in [1.82, 2.24) is 0 Å². The van der Waals surface area contributed by atoms with Crippen molar-refractivity contribution in [3.05, 3.63) is 56.7 Å². The number of nitriles is 1. The normalized spacial score (nSPS) is 10.7. The van der Waals surface area contributed by atoms with E-state index in [9.17, 15) is 14.9 Å². The summed E-state index contributed by atoms with van der Waals surface area (Å²) >= 11 is 2.02. The number of anilines is 1. The summed E-state index contributed by atoms with van der Waals surface area (Å²) < 4.78 is 16.0. The van der Waals surface area contributed by atoms with E-state index in [0.717, 1.165) is 5.56 Å². The van der Waals surface area contributed by atoms with Gasteiger partial charge in [0.15, 0.2) is 18.1 Å². The van der Waals surface area contributed by atoms with Gasteiger partial charge in [0, 0.05) is 5.69 Å². The highest BCUT2D eigenvalue weighted by Gasteiger charge is 2.15. The number of hydrogen-bond donors (Lipinski definition) is 1. The summed E-state index contributed by atoms with van der Waals surface area (Å²) in [7, 11) is 2.73. The predicted octanol–water partition coefficient (Wildman–Crippen LogP) is 3.71. The second kappa shape index (κ2) is 10.5. The number of methoxy groups -OCH3 is 2. The highest BCUT2D eigenvalue weighted by atomic mass is 127. The van der Waals surface area contributed by atoms with Crippen LogP contribution in [0.2, 0.25) is 0 Å². The summed E-state index contributed by atoms with van der Waals surface area (Å²) in [6.45, 7) is 1.60. The van der Waals surface area contributed by atoms with Crippen LogP contribution in [-0.4, -0.2) is 32.7 Å². The van der Waals surface area contributed by atoms with Gasteiger partial charge in [0.1, 0.15) is 11.6 Å². The van der Waals surface area contributed by atoms with Crippen molar-refractivity contribution in [1.29, 1.82) is 5.26 Å². The molecule has 0 aliphatic rings. The summed E-state index contributed by atoms with van der Waals surface area (Å²) in [4.78, 5) is 23.8. The molecule has 1 amide bonds. The second-order valence-corrected chi connectivity index (χ2v) is 7.00. The topological polar surface area (TPSA) is 97.7 Å². The first-order chi connectivity index (χ1) is 13.9. The summed E-state index contributed by atoms with van der Waals surface area (Å²) in [6.07, 6.45) is 1.46. The van der Waals surface area contributed by atoms with Crippen LogP contribution in [0.3, 0.4) is 0 Å². The average molecular weight is 506 g/mol. The summed E-state index contributed by atoms with van der Waals surface area (Å²) in [5.41, 5.74) is 2.04. The minimum Gasteiger partial charge on any atom is -0.493 e. The van der Waals surface area contributed by atoms with Crippen LogP contribution >= 0.6 is 22.6 Å². The first-order valence-corrected chi connectivity index (χ1v) is 9.53. The number of benzene rings is 2. The van der Waals surface area contributed by atoms with Crippen molar-refractivity contribution in [2.75, 3.05) is 26.1 Å². The lowest BCUT2D eigenvalue weighted by Gasteiger charge is -2.13. The van der Waals surface area contributed by atoms with E-state index in [1.54, 1.807) is 24.3 Å². The highest BCUT2D eigenvalue weighted by Crippen LogP contribution is 2.34. The molecule has 0 bridgehead atoms. The van der Waals surface area contributed by atoms with Crippen LogP contribution in [0.1, 0.15) is 11.1 Å². The fraction of sp³-hybridized carbons (Fsp3) is 0.190. The maximum atomic E-state index is 12.5. The zero-order valence-corrected chi connectivity index (χ0v) is 18.3. The van der Waals surface area contributed by atoms with Gasteiger partial charge in [0.05, 0.1) is 17.8 Å². The van der Waals surface area contributed by atoms with Gasteiger partial charge in [0.25, 0.3) is 5.91 Å². The molecule has 0 saturated carbocycles. The molecule has 0 saturated heterocycles. The van der Waals surface area contributed by atoms with Gasteiger partial charge in [-0.1, -0.05) is 18.2 Å². The summed E-state index contributed by atoms with van der Waals surface area (Å²) in [6, 6.07) is 12.6. The van der Waals surface area contributed by atoms with Crippen molar-refractivity contribution in [3.8, 4) is 17.6 Å². The summed E-state index contributed by atoms with van der Waals surface area (Å²) in [5, 5.41) is 12.2. The first-order valence-electron chi connectivity index (χ1n) is 8.45. The molecule has 0 unspecified atom stereocenters. The van der Waals surface area contributed by atoms with Crippen molar-refractivity contribution in [2.45, 2.75) is 6.92 Å². The smallest absolute Gasteiger partial charge is 0.343 e. The van der Waals surface area contributed by atoms with Gasteiger partial charge in [-0.25, -0.2) is 4.79 Å². The number of aryl methyl sites for hydroxylation is 1. The van der Waals surface area contributed by atoms with E-state index in [2.05, 4.69) is 10.1 Å². The molecule has 0 aliphatic heterocycles. The van der Waals surface area contributed by atoms with Crippen LogP contribution in [0.25, 0.3) is 6.08 Å². The minimum atomic E-state index is -0.522. The van der Waals surface area contributed by atoms with Crippen molar-refractivity contribution < 1.29 is 23.8 Å². The quantitative estimate of drug-likeness (QED) is 0.266. The SMILES string of the molecule is COC(=O)COc1c(I)cc(/C=C(/C#N)C(=O)Nc2ccccc2C)cc1OC. The Labute approximate surface area is 182 Å². The average Bonchev–Trinajstić information content (AvgIpc) is 2.72. The molecule has 0 atom stereocenters. The van der Waals surface area contributed by atoms with Gasteiger partial charge >= 0.3 is 5.97 Å². The zero-order valence-electron chi connectivity index (χ0n) is 16.1. The van der Waals surface area contributed by atoms with Crippen LogP contribution in [0.15, 0.2) is 42.0 Å². The molecule has 0 radical (unpaired) electrons. The first kappa shape index (κ1) is 22.2. The molecule has 2 aromatic rings. The van der Waals surface area contributed by atoms with Gasteiger partial charge < -0.3 is 19.5 Å². The molecule has 0 fully saturated rings. The number of esters is 1. The number of amides is 1. The van der Waals surface area contributed by atoms with Crippen LogP contribution in [0.4, 0.5) is 5.69 Å². The molecule has 0 aromatic heterocycles. The largest absolute Gasteiger partial charge is 0.493 e. The molecule has 2 rings (SSSR count). The van der Waals surface area contributed by atoms with Crippen molar-refractivity contribution >= 4 is 46.2 Å². The van der Waals surface area contributed by atoms with Crippen LogP contribution in [0, 0.1) is 21.8 Å². The minimum absolute atomic E-state index is 0.0608. The predicted molar refractivity (Wildman–Crippen MR) is 117 cm³/mol. The number of carbonyl (C=O) groups is 2. The molecule has 0 aliphatic carbocycles. The highest BCUT2D eigenvalue weighted by molar-refractivity contribution is 14.1. The lowest BCUT2D eigenvalue weighted by atomic mass is 10.1. The maximum Gasteiger partial charge on any atom is 0.343 e. The van der Waals surface area contributed by atoms with Crippen molar-refractivity contribution in [2.24, 2.45) is 0 Å². The number of nitrogens with one attached hydrogen (secondary N) is 1. The Bertz CT molecular complexity index is 995. The van der Waals surface area contributed by atoms with Crippen LogP contribution in [-0.2, 0) is 14.3 Å². The molecule has 1 N–H and O–H groups in total. The molecule has 2 aromatic carbocycles. The van der Waals surface area contributed by atoms with Gasteiger partial charge in [-0.05, 0) is 64.9 Å². The molecule has 29 heavy (non-hydrogen) atoms. The van der Waals surface area contributed by atoms with Crippen molar-refractivity contribution in [3.63, 3.8) is 0 Å². The third-order valence-electron chi connectivity index (χ3n) is 3.88. The Morgan fingerprint density at radius 2 is 1.97 bits per heavy atom. The lowest BCUT2D eigenvalue weighted by molar-refractivity contribution is -0.142. The Hall–Kier alpha value is -3.06. The molecular weight excluding hydrogens is 487 g/mol. The fourth-order valence-corrected chi connectivity index (χ4v) is 3.15. The molecule has 150 valence electrons. The second-order valence-electron chi connectivity index (χ2n) is 5.84. The Kier molecular flexibility index (Phi) is 8.03. The fourth-order valence-electron chi connectivity index (χ4n) is 2.37.